The minimum absolute atomic E-state index is 0.156. The summed E-state index contributed by atoms with van der Waals surface area (Å²) in [6.45, 7) is 6.77. The first-order valence-electron chi connectivity index (χ1n) is 11.1. The number of carboxylic acid groups (broad SMARTS) is 1. The first kappa shape index (κ1) is 23.3. The molecule has 0 aromatic heterocycles. The van der Waals surface area contributed by atoms with Gasteiger partial charge in [0.1, 0.15) is 0 Å². The molecule has 4 nitrogen and oxygen atoms in total. The van der Waals surface area contributed by atoms with Crippen molar-refractivity contribution in [1.82, 2.24) is 4.90 Å². The van der Waals surface area contributed by atoms with Crippen molar-refractivity contribution in [2.24, 2.45) is 0 Å². The standard InChI is InChI=1S/C26H32ClNO3/c1-4-25(2,3)28(18-19-8-10-20(11-9-19)23(29)30)24(31)26(16-6-5-7-17-26)21-12-14-22(27)15-13-21/h8-15H,4-7,16-18H2,1-3H3,(H,29,30). The Morgan fingerprint density at radius 1 is 1.00 bits per heavy atom. The fourth-order valence-electron chi connectivity index (χ4n) is 4.50. The van der Waals surface area contributed by atoms with Crippen LogP contribution >= 0.6 is 11.6 Å². The molecule has 0 spiro atoms. The van der Waals surface area contributed by atoms with E-state index in [1.54, 1.807) is 12.1 Å². The van der Waals surface area contributed by atoms with Crippen molar-refractivity contribution in [3.8, 4) is 0 Å². The van der Waals surface area contributed by atoms with Gasteiger partial charge in [0.2, 0.25) is 5.91 Å². The topological polar surface area (TPSA) is 57.6 Å². The molecule has 2 aromatic rings. The van der Waals surface area contributed by atoms with E-state index in [-0.39, 0.29) is 17.0 Å². The number of aromatic carboxylic acids is 1. The van der Waals surface area contributed by atoms with Gasteiger partial charge in [0, 0.05) is 17.1 Å². The second-order valence-electron chi connectivity index (χ2n) is 9.21. The van der Waals surface area contributed by atoms with Crippen molar-refractivity contribution in [3.63, 3.8) is 0 Å². The van der Waals surface area contributed by atoms with Crippen molar-refractivity contribution >= 4 is 23.5 Å². The van der Waals surface area contributed by atoms with E-state index in [0.717, 1.165) is 49.7 Å². The predicted molar refractivity (Wildman–Crippen MR) is 125 cm³/mol. The van der Waals surface area contributed by atoms with Crippen molar-refractivity contribution in [2.45, 2.75) is 76.8 Å². The van der Waals surface area contributed by atoms with Crippen LogP contribution in [0.2, 0.25) is 5.02 Å². The van der Waals surface area contributed by atoms with Gasteiger partial charge < -0.3 is 10.0 Å². The molecule has 1 saturated carbocycles. The summed E-state index contributed by atoms with van der Waals surface area (Å²) in [4.78, 5) is 27.5. The molecule has 0 saturated heterocycles. The zero-order chi connectivity index (χ0) is 22.6. The molecule has 0 heterocycles. The summed E-state index contributed by atoms with van der Waals surface area (Å²) < 4.78 is 0. The lowest BCUT2D eigenvalue weighted by Crippen LogP contribution is -2.55. The second kappa shape index (κ2) is 9.44. The summed E-state index contributed by atoms with van der Waals surface area (Å²) in [7, 11) is 0. The summed E-state index contributed by atoms with van der Waals surface area (Å²) >= 11 is 6.14. The molecule has 166 valence electrons. The molecule has 31 heavy (non-hydrogen) atoms. The second-order valence-corrected chi connectivity index (χ2v) is 9.65. The van der Waals surface area contributed by atoms with Crippen molar-refractivity contribution in [3.05, 3.63) is 70.2 Å². The highest BCUT2D eigenvalue weighted by Crippen LogP contribution is 2.43. The number of rotatable bonds is 7. The predicted octanol–water partition coefficient (Wildman–Crippen LogP) is 6.46. The number of amides is 1. The molecule has 1 aliphatic carbocycles. The number of benzene rings is 2. The number of hydrogen-bond donors (Lipinski definition) is 1. The van der Waals surface area contributed by atoms with Crippen LogP contribution < -0.4 is 0 Å². The third-order valence-electron chi connectivity index (χ3n) is 6.90. The van der Waals surface area contributed by atoms with E-state index in [1.165, 1.54) is 0 Å². The van der Waals surface area contributed by atoms with E-state index in [0.29, 0.717) is 11.6 Å². The van der Waals surface area contributed by atoms with E-state index in [9.17, 15) is 14.7 Å². The Morgan fingerprint density at radius 3 is 2.10 bits per heavy atom. The lowest BCUT2D eigenvalue weighted by atomic mass is 9.68. The quantitative estimate of drug-likeness (QED) is 0.536. The molecule has 0 unspecified atom stereocenters. The highest BCUT2D eigenvalue weighted by atomic mass is 35.5. The Kier molecular flexibility index (Phi) is 7.10. The Balaban J connectivity index is 2.00. The minimum atomic E-state index is -0.947. The molecular weight excluding hydrogens is 410 g/mol. The van der Waals surface area contributed by atoms with Gasteiger partial charge in [0.05, 0.1) is 11.0 Å². The van der Waals surface area contributed by atoms with Crippen LogP contribution in [0.1, 0.15) is 80.8 Å². The van der Waals surface area contributed by atoms with Crippen LogP contribution in [-0.2, 0) is 16.8 Å². The maximum atomic E-state index is 14.3. The molecule has 0 aliphatic heterocycles. The molecule has 5 heteroatoms. The monoisotopic (exact) mass is 441 g/mol. The molecule has 0 radical (unpaired) electrons. The molecular formula is C26H32ClNO3. The zero-order valence-electron chi connectivity index (χ0n) is 18.7. The average molecular weight is 442 g/mol. The lowest BCUT2D eigenvalue weighted by molar-refractivity contribution is -0.145. The number of hydrogen-bond acceptors (Lipinski definition) is 2. The number of carbonyl (C=O) groups excluding carboxylic acids is 1. The fraction of sp³-hybridized carbons (Fsp3) is 0.462. The first-order chi connectivity index (χ1) is 14.7. The van der Waals surface area contributed by atoms with Crippen molar-refractivity contribution in [2.75, 3.05) is 0 Å². The summed E-state index contributed by atoms with van der Waals surface area (Å²) in [5, 5.41) is 9.86. The van der Waals surface area contributed by atoms with Crippen LogP contribution in [0, 0.1) is 0 Å². The smallest absolute Gasteiger partial charge is 0.335 e. The van der Waals surface area contributed by atoms with E-state index >= 15 is 0 Å². The Bertz CT molecular complexity index is 913. The number of nitrogens with zero attached hydrogens (tertiary/aromatic N) is 1. The molecule has 3 rings (SSSR count). The number of carbonyl (C=O) groups is 2. The van der Waals surface area contributed by atoms with E-state index in [2.05, 4.69) is 20.8 Å². The maximum Gasteiger partial charge on any atom is 0.335 e. The van der Waals surface area contributed by atoms with Gasteiger partial charge in [-0.1, -0.05) is 62.1 Å². The average Bonchev–Trinajstić information content (AvgIpc) is 2.78. The Labute approximate surface area is 190 Å². The normalized spacial score (nSPS) is 16.0. The summed E-state index contributed by atoms with van der Waals surface area (Å²) in [6.07, 6.45) is 5.70. The Morgan fingerprint density at radius 2 is 1.58 bits per heavy atom. The Hall–Kier alpha value is -2.33. The first-order valence-corrected chi connectivity index (χ1v) is 11.5. The van der Waals surface area contributed by atoms with Crippen molar-refractivity contribution in [1.29, 1.82) is 0 Å². The van der Waals surface area contributed by atoms with Crippen LogP contribution in [0.4, 0.5) is 0 Å². The van der Waals surface area contributed by atoms with Gasteiger partial charge >= 0.3 is 5.97 Å². The van der Waals surface area contributed by atoms with Gasteiger partial charge in [0.25, 0.3) is 0 Å². The van der Waals surface area contributed by atoms with Crippen molar-refractivity contribution < 1.29 is 14.7 Å². The molecule has 1 fully saturated rings. The highest BCUT2D eigenvalue weighted by Gasteiger charge is 2.46. The third kappa shape index (κ3) is 4.95. The third-order valence-corrected chi connectivity index (χ3v) is 7.15. The van der Waals surface area contributed by atoms with E-state index < -0.39 is 11.4 Å². The van der Waals surface area contributed by atoms with Gasteiger partial charge in [-0.25, -0.2) is 4.79 Å². The SMILES string of the molecule is CCC(C)(C)N(Cc1ccc(C(=O)O)cc1)C(=O)C1(c2ccc(Cl)cc2)CCCCC1. The van der Waals surface area contributed by atoms with Crippen LogP contribution in [0.3, 0.4) is 0 Å². The van der Waals surface area contributed by atoms with Gasteiger partial charge in [0.15, 0.2) is 0 Å². The lowest BCUT2D eigenvalue weighted by Gasteiger charge is -2.46. The van der Waals surface area contributed by atoms with Gasteiger partial charge in [-0.3, -0.25) is 4.79 Å². The molecule has 2 aromatic carbocycles. The minimum Gasteiger partial charge on any atom is -0.478 e. The van der Waals surface area contributed by atoms with Crippen LogP contribution in [0.15, 0.2) is 48.5 Å². The zero-order valence-corrected chi connectivity index (χ0v) is 19.4. The summed E-state index contributed by atoms with van der Waals surface area (Å²) in [5.41, 5.74) is 1.35. The maximum absolute atomic E-state index is 14.3. The molecule has 0 bridgehead atoms. The van der Waals surface area contributed by atoms with E-state index in [1.807, 2.05) is 41.3 Å². The summed E-state index contributed by atoms with van der Waals surface area (Å²) in [5.74, 6) is -0.791. The number of carboxylic acids is 1. The number of halogens is 1. The molecule has 1 aliphatic rings. The van der Waals surface area contributed by atoms with Crippen LogP contribution in [0.25, 0.3) is 0 Å². The molecule has 0 atom stereocenters. The fourth-order valence-corrected chi connectivity index (χ4v) is 4.62. The molecule has 1 amide bonds. The van der Waals surface area contributed by atoms with Gasteiger partial charge in [-0.2, -0.15) is 0 Å². The van der Waals surface area contributed by atoms with Crippen LogP contribution in [0.5, 0.6) is 0 Å². The van der Waals surface area contributed by atoms with Gasteiger partial charge in [-0.05, 0) is 68.5 Å². The summed E-state index contributed by atoms with van der Waals surface area (Å²) in [6, 6.07) is 14.6. The molecule has 1 N–H and O–H groups in total. The van der Waals surface area contributed by atoms with E-state index in [4.69, 9.17) is 11.6 Å². The van der Waals surface area contributed by atoms with Crippen LogP contribution in [-0.4, -0.2) is 27.4 Å². The largest absolute Gasteiger partial charge is 0.478 e. The highest BCUT2D eigenvalue weighted by molar-refractivity contribution is 6.30. The van der Waals surface area contributed by atoms with Gasteiger partial charge in [-0.15, -0.1) is 0 Å².